The molecule has 1 amide bonds. The molecule has 0 bridgehead atoms. The van der Waals surface area contributed by atoms with Crippen molar-refractivity contribution < 1.29 is 37.4 Å². The van der Waals surface area contributed by atoms with Crippen LogP contribution in [0.3, 0.4) is 0 Å². The summed E-state index contributed by atoms with van der Waals surface area (Å²) in [7, 11) is -2.70. The van der Waals surface area contributed by atoms with Gasteiger partial charge in [0.2, 0.25) is 0 Å². The Morgan fingerprint density at radius 2 is 1.78 bits per heavy atom. The van der Waals surface area contributed by atoms with E-state index in [2.05, 4.69) is 0 Å². The summed E-state index contributed by atoms with van der Waals surface area (Å²) in [6.45, 7) is 0.148. The second-order valence-corrected chi connectivity index (χ2v) is 9.81. The van der Waals surface area contributed by atoms with Crippen molar-refractivity contribution in [2.24, 2.45) is 0 Å². The molecule has 2 N–H and O–H groups in total. The number of nitrogens with one attached hydrogen (secondary N) is 1. The SMILES string of the molecule is COCCOC1CCC(C(=O)NO)(S(=O)(=O)c2ccc(Oc3ccc(Cl)cc3)cc2)CO1. The lowest BCUT2D eigenvalue weighted by Crippen LogP contribution is -2.58. The number of benzene rings is 2. The average molecular weight is 486 g/mol. The van der Waals surface area contributed by atoms with Gasteiger partial charge in [-0.1, -0.05) is 11.6 Å². The fraction of sp³-hybridized carbons (Fsp3) is 0.381. The second-order valence-electron chi connectivity index (χ2n) is 7.11. The number of hydrogen-bond donors (Lipinski definition) is 2. The maximum atomic E-state index is 13.4. The molecule has 2 unspecified atom stereocenters. The number of amides is 1. The maximum absolute atomic E-state index is 13.4. The minimum absolute atomic E-state index is 0.0948. The number of hydrogen-bond acceptors (Lipinski definition) is 8. The smallest absolute Gasteiger partial charge is 0.267 e. The van der Waals surface area contributed by atoms with E-state index in [9.17, 15) is 18.4 Å². The number of halogens is 1. The predicted octanol–water partition coefficient (Wildman–Crippen LogP) is 2.95. The van der Waals surface area contributed by atoms with Crippen LogP contribution in [0.5, 0.6) is 11.5 Å². The van der Waals surface area contributed by atoms with Gasteiger partial charge in [0.15, 0.2) is 20.9 Å². The van der Waals surface area contributed by atoms with Gasteiger partial charge in [-0.3, -0.25) is 10.0 Å². The Hall–Kier alpha value is -2.21. The first kappa shape index (κ1) is 24.4. The number of hydroxylamine groups is 1. The highest BCUT2D eigenvalue weighted by Crippen LogP contribution is 2.36. The van der Waals surface area contributed by atoms with E-state index in [0.717, 1.165) is 0 Å². The van der Waals surface area contributed by atoms with Gasteiger partial charge in [0.1, 0.15) is 11.5 Å². The molecule has 0 saturated carbocycles. The summed E-state index contributed by atoms with van der Waals surface area (Å²) < 4.78 is 46.4. The average Bonchev–Trinajstić information content (AvgIpc) is 2.81. The molecule has 11 heteroatoms. The Kier molecular flexibility index (Phi) is 8.10. The molecule has 32 heavy (non-hydrogen) atoms. The van der Waals surface area contributed by atoms with Crippen LogP contribution in [0.2, 0.25) is 5.02 Å². The number of sulfone groups is 1. The van der Waals surface area contributed by atoms with Crippen LogP contribution in [-0.4, -0.2) is 57.5 Å². The van der Waals surface area contributed by atoms with Crippen LogP contribution in [0.25, 0.3) is 0 Å². The number of carbonyl (C=O) groups is 1. The van der Waals surface area contributed by atoms with Crippen LogP contribution >= 0.6 is 11.6 Å². The molecule has 3 rings (SSSR count). The van der Waals surface area contributed by atoms with Crippen molar-refractivity contribution in [3.8, 4) is 11.5 Å². The highest BCUT2D eigenvalue weighted by Gasteiger charge is 2.54. The van der Waals surface area contributed by atoms with Crippen molar-refractivity contribution in [3.63, 3.8) is 0 Å². The quantitative estimate of drug-likeness (QED) is 0.316. The second kappa shape index (κ2) is 10.6. The van der Waals surface area contributed by atoms with E-state index in [0.29, 0.717) is 23.1 Å². The van der Waals surface area contributed by atoms with Crippen molar-refractivity contribution in [1.29, 1.82) is 0 Å². The van der Waals surface area contributed by atoms with Gasteiger partial charge in [-0.15, -0.1) is 0 Å². The van der Waals surface area contributed by atoms with E-state index < -0.39 is 33.4 Å². The first-order valence-corrected chi connectivity index (χ1v) is 11.6. The zero-order valence-electron chi connectivity index (χ0n) is 17.3. The van der Waals surface area contributed by atoms with Crippen LogP contribution in [-0.2, 0) is 28.8 Å². The summed E-state index contributed by atoms with van der Waals surface area (Å²) >= 11 is 5.85. The van der Waals surface area contributed by atoms with Crippen molar-refractivity contribution in [2.75, 3.05) is 26.9 Å². The zero-order chi connectivity index (χ0) is 23.2. The molecule has 1 fully saturated rings. The molecular weight excluding hydrogens is 462 g/mol. The van der Waals surface area contributed by atoms with E-state index in [-0.39, 0.29) is 24.3 Å². The van der Waals surface area contributed by atoms with Crippen LogP contribution in [0.1, 0.15) is 12.8 Å². The summed E-state index contributed by atoms with van der Waals surface area (Å²) in [5.74, 6) is -0.130. The van der Waals surface area contributed by atoms with Crippen molar-refractivity contribution in [3.05, 3.63) is 53.6 Å². The summed E-state index contributed by atoms with van der Waals surface area (Å²) in [5, 5.41) is 9.80. The first-order chi connectivity index (χ1) is 15.3. The van der Waals surface area contributed by atoms with Crippen molar-refractivity contribution >= 4 is 27.3 Å². The Labute approximate surface area is 191 Å². The molecule has 0 spiro atoms. The monoisotopic (exact) mass is 485 g/mol. The molecule has 1 aliphatic rings. The number of carbonyl (C=O) groups excluding carboxylic acids is 1. The summed E-state index contributed by atoms with van der Waals surface area (Å²) in [6.07, 6.45) is -0.619. The van der Waals surface area contributed by atoms with E-state index in [1.54, 1.807) is 24.3 Å². The topological polar surface area (TPSA) is 120 Å². The standard InChI is InChI=1S/C21H24ClNO8S/c1-28-12-13-29-19-10-11-21(14-30-19,20(24)23-25)32(26,27)18-8-6-17(7-9-18)31-16-4-2-15(22)3-5-16/h2-9,19,25H,10-14H2,1H3,(H,23,24). The Morgan fingerprint density at radius 1 is 1.16 bits per heavy atom. The normalized spacial score (nSPS) is 21.2. The Balaban J connectivity index is 1.78. The summed E-state index contributed by atoms with van der Waals surface area (Å²) in [4.78, 5) is 12.4. The van der Waals surface area contributed by atoms with Gasteiger partial charge in [-0.25, -0.2) is 13.9 Å². The summed E-state index contributed by atoms with van der Waals surface area (Å²) in [5.41, 5.74) is 1.47. The fourth-order valence-corrected chi connectivity index (χ4v) is 5.27. The van der Waals surface area contributed by atoms with Crippen LogP contribution in [0, 0.1) is 0 Å². The third-order valence-electron chi connectivity index (χ3n) is 5.09. The minimum Gasteiger partial charge on any atom is -0.457 e. The zero-order valence-corrected chi connectivity index (χ0v) is 18.9. The molecule has 174 valence electrons. The lowest BCUT2D eigenvalue weighted by atomic mass is 10.00. The van der Waals surface area contributed by atoms with Gasteiger partial charge in [0, 0.05) is 18.6 Å². The highest BCUT2D eigenvalue weighted by atomic mass is 35.5. The predicted molar refractivity (Wildman–Crippen MR) is 115 cm³/mol. The van der Waals surface area contributed by atoms with Crippen molar-refractivity contribution in [1.82, 2.24) is 5.48 Å². The molecule has 2 atom stereocenters. The van der Waals surface area contributed by atoms with E-state index in [1.807, 2.05) is 0 Å². The molecule has 2 aromatic rings. The number of ether oxygens (including phenoxy) is 4. The molecule has 0 radical (unpaired) electrons. The Morgan fingerprint density at radius 3 is 2.31 bits per heavy atom. The molecule has 1 aliphatic heterocycles. The first-order valence-electron chi connectivity index (χ1n) is 9.77. The number of methoxy groups -OCH3 is 1. The highest BCUT2D eigenvalue weighted by molar-refractivity contribution is 7.93. The van der Waals surface area contributed by atoms with Crippen molar-refractivity contribution in [2.45, 2.75) is 28.8 Å². The molecule has 1 saturated heterocycles. The lowest BCUT2D eigenvalue weighted by molar-refractivity contribution is -0.180. The van der Waals surface area contributed by atoms with Gasteiger partial charge in [0.05, 0.1) is 24.7 Å². The third kappa shape index (κ3) is 5.22. The van der Waals surface area contributed by atoms with Gasteiger partial charge >= 0.3 is 0 Å². The molecule has 9 nitrogen and oxygen atoms in total. The van der Waals surface area contributed by atoms with Gasteiger partial charge in [-0.2, -0.15) is 0 Å². The third-order valence-corrected chi connectivity index (χ3v) is 7.77. The van der Waals surface area contributed by atoms with Crippen LogP contribution in [0.4, 0.5) is 0 Å². The van der Waals surface area contributed by atoms with Gasteiger partial charge in [0.25, 0.3) is 5.91 Å². The minimum atomic E-state index is -4.23. The van der Waals surface area contributed by atoms with Crippen LogP contribution < -0.4 is 10.2 Å². The van der Waals surface area contributed by atoms with E-state index in [1.165, 1.54) is 36.9 Å². The molecule has 0 aliphatic carbocycles. The van der Waals surface area contributed by atoms with Gasteiger partial charge < -0.3 is 18.9 Å². The Bertz CT molecular complexity index is 1000. The van der Waals surface area contributed by atoms with E-state index >= 15 is 0 Å². The number of rotatable bonds is 9. The lowest BCUT2D eigenvalue weighted by Gasteiger charge is -2.37. The largest absolute Gasteiger partial charge is 0.457 e. The molecular formula is C21H24ClNO8S. The summed E-state index contributed by atoms with van der Waals surface area (Å²) in [6, 6.07) is 12.3. The van der Waals surface area contributed by atoms with Crippen LogP contribution in [0.15, 0.2) is 53.4 Å². The van der Waals surface area contributed by atoms with E-state index in [4.69, 9.17) is 30.5 Å². The molecule has 2 aromatic carbocycles. The maximum Gasteiger partial charge on any atom is 0.267 e. The van der Waals surface area contributed by atoms with Gasteiger partial charge in [-0.05, 0) is 55.0 Å². The fourth-order valence-electron chi connectivity index (χ4n) is 3.29. The molecule has 0 aromatic heterocycles. The molecule has 1 heterocycles.